The van der Waals surface area contributed by atoms with Gasteiger partial charge >= 0.3 is 6.09 Å². The van der Waals surface area contributed by atoms with Gasteiger partial charge in [0, 0.05) is 24.8 Å². The van der Waals surface area contributed by atoms with Crippen molar-refractivity contribution in [2.24, 2.45) is 0 Å². The molecule has 1 saturated heterocycles. The monoisotopic (exact) mass is 447 g/mol. The van der Waals surface area contributed by atoms with Gasteiger partial charge in [0.05, 0.1) is 12.6 Å². The number of hydrogen-bond donors (Lipinski definition) is 5. The summed E-state index contributed by atoms with van der Waals surface area (Å²) >= 11 is 0. The number of aliphatic hydroxyl groups excluding tert-OH is 1. The van der Waals surface area contributed by atoms with Crippen LogP contribution in [0, 0.1) is 0 Å². The number of ether oxygens (including phenoxy) is 1. The molecule has 5 N–H and O–H groups in total. The Morgan fingerprint density at radius 3 is 2.38 bits per heavy atom. The summed E-state index contributed by atoms with van der Waals surface area (Å²) in [5, 5.41) is 34.3. The Bertz CT molecular complexity index is 840. The van der Waals surface area contributed by atoms with Crippen LogP contribution in [-0.4, -0.2) is 65.0 Å². The van der Waals surface area contributed by atoms with Crippen molar-refractivity contribution in [2.75, 3.05) is 31.6 Å². The number of halogens is 1. The number of amides is 1. The molecule has 0 radical (unpaired) electrons. The van der Waals surface area contributed by atoms with Crippen LogP contribution in [0.5, 0.6) is 11.5 Å². The quantitative estimate of drug-likeness (QED) is 0.355. The Morgan fingerprint density at radius 1 is 1.12 bits per heavy atom. The number of carbonyl (C=O) groups is 1. The zero-order valence-corrected chi connectivity index (χ0v) is 17.8. The maximum absolute atomic E-state index is 13.8. The molecule has 1 amide bonds. The van der Waals surface area contributed by atoms with Crippen LogP contribution in [0.15, 0.2) is 48.5 Å². The van der Waals surface area contributed by atoms with E-state index < -0.39 is 18.5 Å². The van der Waals surface area contributed by atoms with Gasteiger partial charge in [-0.2, -0.15) is 0 Å². The molecule has 174 valence electrons. The molecular weight excluding hydrogens is 417 g/mol. The van der Waals surface area contributed by atoms with E-state index in [2.05, 4.69) is 10.6 Å². The van der Waals surface area contributed by atoms with E-state index in [0.29, 0.717) is 44.0 Å². The number of phenols is 1. The Morgan fingerprint density at radius 2 is 1.78 bits per heavy atom. The summed E-state index contributed by atoms with van der Waals surface area (Å²) in [5.74, 6) is 0.810. The lowest BCUT2D eigenvalue weighted by molar-refractivity contribution is 0.00585. The van der Waals surface area contributed by atoms with Crippen molar-refractivity contribution in [1.29, 1.82) is 0 Å². The molecule has 32 heavy (non-hydrogen) atoms. The van der Waals surface area contributed by atoms with E-state index >= 15 is 0 Å². The lowest BCUT2D eigenvalue weighted by atomic mass is 10.0. The van der Waals surface area contributed by atoms with Crippen molar-refractivity contribution in [3.8, 4) is 11.5 Å². The van der Waals surface area contributed by atoms with E-state index in [1.54, 1.807) is 36.4 Å². The van der Waals surface area contributed by atoms with Gasteiger partial charge in [0.25, 0.3) is 0 Å². The van der Waals surface area contributed by atoms with E-state index in [0.717, 1.165) is 18.5 Å². The van der Waals surface area contributed by atoms with Crippen LogP contribution in [0.1, 0.15) is 30.9 Å². The predicted octanol–water partition coefficient (Wildman–Crippen LogP) is 3.33. The van der Waals surface area contributed by atoms with Gasteiger partial charge in [0.2, 0.25) is 6.36 Å². The molecule has 0 aromatic heterocycles. The van der Waals surface area contributed by atoms with Crippen LogP contribution in [0.25, 0.3) is 0 Å². The van der Waals surface area contributed by atoms with E-state index in [-0.39, 0.29) is 11.8 Å². The summed E-state index contributed by atoms with van der Waals surface area (Å²) in [7, 11) is 0. The van der Waals surface area contributed by atoms with Crippen molar-refractivity contribution in [3.63, 3.8) is 0 Å². The molecule has 0 aliphatic carbocycles. The minimum Gasteiger partial charge on any atom is -0.508 e. The third kappa shape index (κ3) is 7.00. The lowest BCUT2D eigenvalue weighted by Crippen LogP contribution is -2.41. The molecule has 2 atom stereocenters. The Kier molecular flexibility index (Phi) is 8.52. The Labute approximate surface area is 186 Å². The number of rotatable bonds is 10. The molecule has 9 heteroatoms. The molecule has 2 aromatic carbocycles. The van der Waals surface area contributed by atoms with Crippen molar-refractivity contribution < 1.29 is 29.2 Å². The molecule has 0 saturated carbocycles. The summed E-state index contributed by atoms with van der Waals surface area (Å²) in [4.78, 5) is 12.4. The number of piperidine rings is 1. The highest BCUT2D eigenvalue weighted by Crippen LogP contribution is 2.22. The average Bonchev–Trinajstić information content (AvgIpc) is 2.78. The van der Waals surface area contributed by atoms with E-state index in [4.69, 9.17) is 9.84 Å². The third-order valence-electron chi connectivity index (χ3n) is 5.47. The molecule has 1 heterocycles. The summed E-state index contributed by atoms with van der Waals surface area (Å²) < 4.78 is 19.4. The molecule has 1 unspecified atom stereocenters. The van der Waals surface area contributed by atoms with Crippen LogP contribution in [0.2, 0.25) is 0 Å². The van der Waals surface area contributed by atoms with Gasteiger partial charge in [-0.1, -0.05) is 12.1 Å². The molecule has 3 rings (SSSR count). The molecule has 2 aromatic rings. The maximum Gasteiger partial charge on any atom is 0.407 e. The molecular formula is C23H30FN3O5. The standard InChI is InChI=1S/C23H30FN3O5/c24-22(29)21(25-12-1-15-32-20-8-6-19(28)7-9-20)16-2-4-17(5-3-16)26-18-10-13-27(14-11-18)23(30)31/h2-9,18,21-22,25-26,28-29H,1,10-15H2,(H,30,31)/t21?,22-/m1/s1. The number of aliphatic hydroxyl groups is 1. The maximum atomic E-state index is 13.8. The second-order valence-electron chi connectivity index (χ2n) is 7.81. The largest absolute Gasteiger partial charge is 0.508 e. The number of benzene rings is 2. The van der Waals surface area contributed by atoms with Crippen molar-refractivity contribution in [1.82, 2.24) is 10.2 Å². The van der Waals surface area contributed by atoms with Gasteiger partial charge < -0.3 is 35.6 Å². The Balaban J connectivity index is 1.43. The van der Waals surface area contributed by atoms with Gasteiger partial charge in [-0.3, -0.25) is 0 Å². The highest BCUT2D eigenvalue weighted by Gasteiger charge is 2.23. The molecule has 0 spiro atoms. The van der Waals surface area contributed by atoms with Gasteiger partial charge in [-0.25, -0.2) is 9.18 Å². The first-order valence-electron chi connectivity index (χ1n) is 10.7. The minimum absolute atomic E-state index is 0.170. The van der Waals surface area contributed by atoms with Crippen molar-refractivity contribution in [2.45, 2.75) is 37.7 Å². The number of phenolic OH excluding ortho intramolecular Hbond substituents is 1. The number of hydrogen-bond acceptors (Lipinski definition) is 6. The van der Waals surface area contributed by atoms with Crippen LogP contribution in [0.3, 0.4) is 0 Å². The fourth-order valence-corrected chi connectivity index (χ4v) is 3.67. The van der Waals surface area contributed by atoms with Gasteiger partial charge in [-0.15, -0.1) is 0 Å². The first-order chi connectivity index (χ1) is 15.4. The van der Waals surface area contributed by atoms with Gasteiger partial charge in [0.15, 0.2) is 0 Å². The lowest BCUT2D eigenvalue weighted by Gasteiger charge is -2.31. The van der Waals surface area contributed by atoms with E-state index in [1.807, 2.05) is 12.1 Å². The van der Waals surface area contributed by atoms with Crippen LogP contribution in [0.4, 0.5) is 14.9 Å². The number of likely N-dealkylation sites (tertiary alicyclic amines) is 1. The predicted molar refractivity (Wildman–Crippen MR) is 119 cm³/mol. The zero-order chi connectivity index (χ0) is 22.9. The van der Waals surface area contributed by atoms with Crippen LogP contribution >= 0.6 is 0 Å². The summed E-state index contributed by atoms with van der Waals surface area (Å²) in [5.41, 5.74) is 1.50. The highest BCUT2D eigenvalue weighted by atomic mass is 19.1. The Hall–Kier alpha value is -3.04. The van der Waals surface area contributed by atoms with Crippen LogP contribution < -0.4 is 15.4 Å². The first kappa shape index (κ1) is 23.6. The highest BCUT2D eigenvalue weighted by molar-refractivity contribution is 5.65. The van der Waals surface area contributed by atoms with Crippen molar-refractivity contribution >= 4 is 11.8 Å². The number of alkyl halides is 1. The number of aromatic hydroxyl groups is 1. The molecule has 8 nitrogen and oxygen atoms in total. The fourth-order valence-electron chi connectivity index (χ4n) is 3.67. The fraction of sp³-hybridized carbons (Fsp3) is 0.435. The molecule has 0 bridgehead atoms. The normalized spacial score (nSPS) is 16.4. The average molecular weight is 448 g/mol. The number of carboxylic acid groups (broad SMARTS) is 1. The first-order valence-corrected chi connectivity index (χ1v) is 10.7. The summed E-state index contributed by atoms with van der Waals surface area (Å²) in [6.07, 6.45) is -0.865. The second kappa shape index (κ2) is 11.5. The summed E-state index contributed by atoms with van der Waals surface area (Å²) in [6, 6.07) is 13.0. The molecule has 1 fully saturated rings. The second-order valence-corrected chi connectivity index (χ2v) is 7.81. The zero-order valence-electron chi connectivity index (χ0n) is 17.8. The topological polar surface area (TPSA) is 114 Å². The third-order valence-corrected chi connectivity index (χ3v) is 5.47. The SMILES string of the molecule is O=C(O)N1CCC(Nc2ccc(C(NCCCOc3ccc(O)cc3)[C@@H](O)F)cc2)CC1. The summed E-state index contributed by atoms with van der Waals surface area (Å²) in [6.45, 7) is 1.87. The van der Waals surface area contributed by atoms with E-state index in [9.17, 15) is 19.4 Å². The van der Waals surface area contributed by atoms with Crippen molar-refractivity contribution in [3.05, 3.63) is 54.1 Å². The van der Waals surface area contributed by atoms with Crippen LogP contribution in [-0.2, 0) is 0 Å². The number of anilines is 1. The number of nitrogens with one attached hydrogen (secondary N) is 2. The van der Waals surface area contributed by atoms with E-state index in [1.165, 1.54) is 4.90 Å². The smallest absolute Gasteiger partial charge is 0.407 e. The minimum atomic E-state index is -2.05. The van der Waals surface area contributed by atoms with Gasteiger partial charge in [0.1, 0.15) is 11.5 Å². The number of nitrogens with zero attached hydrogens (tertiary/aromatic N) is 1. The van der Waals surface area contributed by atoms with Gasteiger partial charge in [-0.05, 0) is 67.8 Å². The molecule has 1 aliphatic heterocycles. The molecule has 1 aliphatic rings.